The Morgan fingerprint density at radius 1 is 1.33 bits per heavy atom. The average molecular weight is 266 g/mol. The lowest BCUT2D eigenvalue weighted by Gasteiger charge is -2.27. The van der Waals surface area contributed by atoms with Crippen molar-refractivity contribution >= 4 is 11.6 Å². The summed E-state index contributed by atoms with van der Waals surface area (Å²) in [5.74, 6) is 1.26. The fourth-order valence-electron chi connectivity index (χ4n) is 3.01. The molecule has 0 saturated carbocycles. The van der Waals surface area contributed by atoms with Crippen LogP contribution in [0.1, 0.15) is 45.6 Å². The van der Waals surface area contributed by atoms with Gasteiger partial charge in [-0.05, 0) is 35.4 Å². The van der Waals surface area contributed by atoms with E-state index in [2.05, 4.69) is 51.2 Å². The van der Waals surface area contributed by atoms with Crippen LogP contribution in [0.2, 0.25) is 5.02 Å². The van der Waals surface area contributed by atoms with E-state index in [0.717, 1.165) is 11.6 Å². The molecule has 0 bridgehead atoms. The molecule has 2 rings (SSSR count). The van der Waals surface area contributed by atoms with Crippen molar-refractivity contribution in [1.82, 2.24) is 5.32 Å². The van der Waals surface area contributed by atoms with Gasteiger partial charge in [0.1, 0.15) is 0 Å². The van der Waals surface area contributed by atoms with Crippen molar-refractivity contribution in [2.24, 2.45) is 11.3 Å². The van der Waals surface area contributed by atoms with Gasteiger partial charge in [0.05, 0.1) is 0 Å². The third-order valence-electron chi connectivity index (χ3n) is 3.98. The molecule has 18 heavy (non-hydrogen) atoms. The number of nitrogens with one attached hydrogen (secondary N) is 1. The molecule has 0 spiro atoms. The molecule has 1 aromatic carbocycles. The van der Waals surface area contributed by atoms with Crippen LogP contribution in [0, 0.1) is 11.3 Å². The standard InChI is InChI=1S/C16H24ClN/c1-11-14(12-6-5-7-13(17)8-12)10-18-15(11)9-16(2,3)4/h5-8,11,14-15,18H,9-10H2,1-4H3. The molecule has 1 aliphatic heterocycles. The SMILES string of the molecule is CC1C(CC(C)(C)C)NCC1c1cccc(Cl)c1. The van der Waals surface area contributed by atoms with Crippen molar-refractivity contribution in [3.05, 3.63) is 34.9 Å². The molecule has 0 aliphatic carbocycles. The van der Waals surface area contributed by atoms with Gasteiger partial charge in [0.2, 0.25) is 0 Å². The molecule has 0 aromatic heterocycles. The van der Waals surface area contributed by atoms with Crippen LogP contribution in [-0.4, -0.2) is 12.6 Å². The lowest BCUT2D eigenvalue weighted by atomic mass is 9.80. The number of hydrogen-bond acceptors (Lipinski definition) is 1. The maximum Gasteiger partial charge on any atom is 0.0408 e. The van der Waals surface area contributed by atoms with Crippen molar-refractivity contribution in [3.63, 3.8) is 0 Å². The summed E-state index contributed by atoms with van der Waals surface area (Å²) in [4.78, 5) is 0. The Labute approximate surface area is 116 Å². The number of benzene rings is 1. The minimum Gasteiger partial charge on any atom is -0.313 e. The summed E-state index contributed by atoms with van der Waals surface area (Å²) in [5.41, 5.74) is 1.76. The van der Waals surface area contributed by atoms with E-state index in [1.807, 2.05) is 6.07 Å². The van der Waals surface area contributed by atoms with E-state index in [4.69, 9.17) is 11.6 Å². The van der Waals surface area contributed by atoms with Gasteiger partial charge in [0, 0.05) is 23.5 Å². The maximum atomic E-state index is 6.09. The fourth-order valence-corrected chi connectivity index (χ4v) is 3.21. The third-order valence-corrected chi connectivity index (χ3v) is 4.21. The molecule has 1 saturated heterocycles. The second kappa shape index (κ2) is 5.22. The van der Waals surface area contributed by atoms with Gasteiger partial charge >= 0.3 is 0 Å². The summed E-state index contributed by atoms with van der Waals surface area (Å²) in [5, 5.41) is 4.53. The van der Waals surface area contributed by atoms with Crippen molar-refractivity contribution < 1.29 is 0 Å². The molecule has 1 N–H and O–H groups in total. The van der Waals surface area contributed by atoms with Gasteiger partial charge in [-0.25, -0.2) is 0 Å². The smallest absolute Gasteiger partial charge is 0.0408 e. The quantitative estimate of drug-likeness (QED) is 0.832. The van der Waals surface area contributed by atoms with E-state index < -0.39 is 0 Å². The van der Waals surface area contributed by atoms with E-state index in [1.165, 1.54) is 12.0 Å². The van der Waals surface area contributed by atoms with Gasteiger partial charge in [0.15, 0.2) is 0 Å². The van der Waals surface area contributed by atoms with Crippen molar-refractivity contribution in [2.75, 3.05) is 6.54 Å². The molecule has 1 fully saturated rings. The van der Waals surface area contributed by atoms with Crippen LogP contribution >= 0.6 is 11.6 Å². The highest BCUT2D eigenvalue weighted by Gasteiger charge is 2.35. The first-order valence-electron chi connectivity index (χ1n) is 6.86. The summed E-state index contributed by atoms with van der Waals surface area (Å²) in [6, 6.07) is 8.94. The van der Waals surface area contributed by atoms with Gasteiger partial charge in [-0.15, -0.1) is 0 Å². The Hall–Kier alpha value is -0.530. The Morgan fingerprint density at radius 3 is 2.67 bits per heavy atom. The molecule has 3 unspecified atom stereocenters. The van der Waals surface area contributed by atoms with Crippen LogP contribution in [0.15, 0.2) is 24.3 Å². The Bertz CT molecular complexity index is 408. The van der Waals surface area contributed by atoms with Gasteiger partial charge in [0.25, 0.3) is 0 Å². The molecule has 1 aliphatic rings. The minimum atomic E-state index is 0.384. The van der Waals surface area contributed by atoms with Crippen LogP contribution in [0.5, 0.6) is 0 Å². The monoisotopic (exact) mass is 265 g/mol. The van der Waals surface area contributed by atoms with Crippen LogP contribution in [-0.2, 0) is 0 Å². The maximum absolute atomic E-state index is 6.09. The Balaban J connectivity index is 2.09. The summed E-state index contributed by atoms with van der Waals surface area (Å²) in [6.07, 6.45) is 1.23. The average Bonchev–Trinajstić information content (AvgIpc) is 2.58. The molecule has 1 nitrogen and oxygen atoms in total. The first-order valence-corrected chi connectivity index (χ1v) is 7.23. The largest absolute Gasteiger partial charge is 0.313 e. The molecule has 1 heterocycles. The highest BCUT2D eigenvalue weighted by molar-refractivity contribution is 6.30. The van der Waals surface area contributed by atoms with E-state index in [0.29, 0.717) is 23.3 Å². The normalized spacial score (nSPS) is 28.6. The zero-order chi connectivity index (χ0) is 13.3. The molecule has 0 radical (unpaired) electrons. The van der Waals surface area contributed by atoms with E-state index in [-0.39, 0.29) is 0 Å². The molecule has 0 amide bonds. The van der Waals surface area contributed by atoms with E-state index in [9.17, 15) is 0 Å². The minimum absolute atomic E-state index is 0.384. The summed E-state index contributed by atoms with van der Waals surface area (Å²) >= 11 is 6.09. The molecule has 1 aromatic rings. The van der Waals surface area contributed by atoms with Crippen LogP contribution in [0.25, 0.3) is 0 Å². The third kappa shape index (κ3) is 3.27. The molecule has 3 atom stereocenters. The van der Waals surface area contributed by atoms with Crippen LogP contribution < -0.4 is 5.32 Å². The predicted molar refractivity (Wildman–Crippen MR) is 79.2 cm³/mol. The lowest BCUT2D eigenvalue weighted by Crippen LogP contribution is -2.30. The van der Waals surface area contributed by atoms with Crippen LogP contribution in [0.3, 0.4) is 0 Å². The first kappa shape index (κ1) is 13.9. The second-order valence-corrected chi connectivity index (χ2v) is 7.24. The summed E-state index contributed by atoms with van der Waals surface area (Å²) < 4.78 is 0. The van der Waals surface area contributed by atoms with E-state index >= 15 is 0 Å². The molecular formula is C16H24ClN. The van der Waals surface area contributed by atoms with Gasteiger partial charge in [-0.2, -0.15) is 0 Å². The van der Waals surface area contributed by atoms with Crippen molar-refractivity contribution in [1.29, 1.82) is 0 Å². The zero-order valence-electron chi connectivity index (χ0n) is 11.8. The Kier molecular flexibility index (Phi) is 4.03. The molecular weight excluding hydrogens is 242 g/mol. The van der Waals surface area contributed by atoms with E-state index in [1.54, 1.807) is 0 Å². The number of hydrogen-bond donors (Lipinski definition) is 1. The van der Waals surface area contributed by atoms with Crippen molar-refractivity contribution in [2.45, 2.75) is 46.1 Å². The topological polar surface area (TPSA) is 12.0 Å². The second-order valence-electron chi connectivity index (χ2n) is 6.80. The van der Waals surface area contributed by atoms with Gasteiger partial charge in [-0.3, -0.25) is 0 Å². The molecule has 2 heteroatoms. The van der Waals surface area contributed by atoms with Crippen LogP contribution in [0.4, 0.5) is 0 Å². The van der Waals surface area contributed by atoms with Crippen molar-refractivity contribution in [3.8, 4) is 0 Å². The molecule has 100 valence electrons. The number of rotatable bonds is 2. The van der Waals surface area contributed by atoms with Gasteiger partial charge in [-0.1, -0.05) is 51.4 Å². The highest BCUT2D eigenvalue weighted by Crippen LogP contribution is 2.36. The zero-order valence-corrected chi connectivity index (χ0v) is 12.6. The predicted octanol–water partition coefficient (Wildman–Crippen LogP) is 4.47. The number of halogens is 1. The first-order chi connectivity index (χ1) is 8.37. The fraction of sp³-hybridized carbons (Fsp3) is 0.625. The summed E-state index contributed by atoms with van der Waals surface area (Å²) in [6.45, 7) is 10.4. The Morgan fingerprint density at radius 2 is 2.06 bits per heavy atom. The lowest BCUT2D eigenvalue weighted by molar-refractivity contribution is 0.290. The summed E-state index contributed by atoms with van der Waals surface area (Å²) in [7, 11) is 0. The highest BCUT2D eigenvalue weighted by atomic mass is 35.5. The van der Waals surface area contributed by atoms with Gasteiger partial charge < -0.3 is 5.32 Å².